The Morgan fingerprint density at radius 1 is 1.11 bits per heavy atom. The highest BCUT2D eigenvalue weighted by atomic mass is 35.5. The molecular weight excluding hydrogens is 252 g/mol. The third-order valence-corrected chi connectivity index (χ3v) is 2.61. The maximum atomic E-state index is 5.86. The second kappa shape index (κ2) is 6.33. The van der Waals surface area contributed by atoms with Gasteiger partial charge in [-0.05, 0) is 24.1 Å². The van der Waals surface area contributed by atoms with Crippen LogP contribution in [0.1, 0.15) is 5.56 Å². The third-order valence-electron chi connectivity index (χ3n) is 2.36. The highest BCUT2D eigenvalue weighted by molar-refractivity contribution is 6.30. The first-order chi connectivity index (χ1) is 8.79. The molecule has 94 valence electrons. The minimum atomic E-state index is 0.251. The summed E-state index contributed by atoms with van der Waals surface area (Å²) < 4.78 is 10.6. The smallest absolute Gasteiger partial charge is 0.257 e. The van der Waals surface area contributed by atoms with Crippen molar-refractivity contribution in [3.05, 3.63) is 47.4 Å². The Morgan fingerprint density at radius 3 is 2.50 bits per heavy atom. The van der Waals surface area contributed by atoms with Crippen LogP contribution in [0.25, 0.3) is 0 Å². The van der Waals surface area contributed by atoms with Crippen molar-refractivity contribution in [2.75, 3.05) is 13.7 Å². The van der Waals surface area contributed by atoms with Gasteiger partial charge in [-0.3, -0.25) is 0 Å². The molecule has 1 aromatic heterocycles. The van der Waals surface area contributed by atoms with Gasteiger partial charge in [0.15, 0.2) is 5.15 Å². The van der Waals surface area contributed by atoms with Gasteiger partial charge in [-0.25, -0.2) is 9.97 Å². The number of rotatable bonds is 5. The molecule has 4 nitrogen and oxygen atoms in total. The van der Waals surface area contributed by atoms with Gasteiger partial charge in [-0.15, -0.1) is 0 Å². The van der Waals surface area contributed by atoms with Gasteiger partial charge in [-0.1, -0.05) is 23.7 Å². The maximum Gasteiger partial charge on any atom is 0.257 e. The fraction of sp³-hybridized carbons (Fsp3) is 0.231. The number of hydrogen-bond donors (Lipinski definition) is 0. The summed E-state index contributed by atoms with van der Waals surface area (Å²) in [7, 11) is 1.69. The molecule has 0 N–H and O–H groups in total. The van der Waals surface area contributed by atoms with E-state index in [0.29, 0.717) is 18.2 Å². The molecule has 0 aliphatic heterocycles. The van der Waals surface area contributed by atoms with Gasteiger partial charge in [0.2, 0.25) is 0 Å². The first-order valence-corrected chi connectivity index (χ1v) is 5.89. The molecule has 5 heteroatoms. The van der Waals surface area contributed by atoms with E-state index < -0.39 is 0 Å². The van der Waals surface area contributed by atoms with Crippen LogP contribution in [-0.2, 0) is 11.2 Å². The van der Waals surface area contributed by atoms with E-state index in [-0.39, 0.29) is 5.15 Å². The molecule has 18 heavy (non-hydrogen) atoms. The van der Waals surface area contributed by atoms with Crippen LogP contribution in [0.4, 0.5) is 0 Å². The molecule has 0 spiro atoms. The Labute approximate surface area is 111 Å². The second-order valence-electron chi connectivity index (χ2n) is 3.64. The van der Waals surface area contributed by atoms with Crippen LogP contribution in [0.15, 0.2) is 36.7 Å². The molecule has 0 amide bonds. The van der Waals surface area contributed by atoms with E-state index in [4.69, 9.17) is 21.1 Å². The van der Waals surface area contributed by atoms with E-state index in [0.717, 1.165) is 6.42 Å². The van der Waals surface area contributed by atoms with Gasteiger partial charge >= 0.3 is 0 Å². The van der Waals surface area contributed by atoms with E-state index in [1.807, 2.05) is 24.3 Å². The highest BCUT2D eigenvalue weighted by Gasteiger charge is 2.04. The number of benzene rings is 1. The average Bonchev–Trinajstić information content (AvgIpc) is 2.41. The molecule has 0 radical (unpaired) electrons. The third kappa shape index (κ3) is 3.42. The summed E-state index contributed by atoms with van der Waals surface area (Å²) in [6, 6.07) is 7.71. The number of ether oxygens (including phenoxy) is 2. The van der Waals surface area contributed by atoms with Crippen molar-refractivity contribution in [2.24, 2.45) is 0 Å². The van der Waals surface area contributed by atoms with E-state index in [1.54, 1.807) is 7.11 Å². The van der Waals surface area contributed by atoms with Crippen LogP contribution in [0.5, 0.6) is 11.6 Å². The standard InChI is InChI=1S/C13H13ClN2O2/c1-17-9-6-10-2-4-11(5-3-10)18-13-12(14)15-7-8-16-13/h2-5,7-8H,6,9H2,1H3. The van der Waals surface area contributed by atoms with Gasteiger partial charge in [0.1, 0.15) is 5.75 Å². The molecule has 0 unspecified atom stereocenters. The highest BCUT2D eigenvalue weighted by Crippen LogP contribution is 2.24. The summed E-state index contributed by atoms with van der Waals surface area (Å²) in [5.74, 6) is 0.988. The van der Waals surface area contributed by atoms with Gasteiger partial charge in [0.05, 0.1) is 6.61 Å². The normalized spacial score (nSPS) is 10.3. The van der Waals surface area contributed by atoms with Gasteiger partial charge in [0, 0.05) is 19.5 Å². The quantitative estimate of drug-likeness (QED) is 0.832. The number of aromatic nitrogens is 2. The Kier molecular flexibility index (Phi) is 4.50. The molecule has 1 aromatic carbocycles. The van der Waals surface area contributed by atoms with Crippen molar-refractivity contribution in [1.29, 1.82) is 0 Å². The second-order valence-corrected chi connectivity index (χ2v) is 4.00. The van der Waals surface area contributed by atoms with Crippen molar-refractivity contribution < 1.29 is 9.47 Å². The van der Waals surface area contributed by atoms with Crippen LogP contribution >= 0.6 is 11.6 Å². The van der Waals surface area contributed by atoms with Crippen LogP contribution in [-0.4, -0.2) is 23.7 Å². The molecule has 0 fully saturated rings. The van der Waals surface area contributed by atoms with Crippen LogP contribution in [0.2, 0.25) is 5.15 Å². The molecule has 2 aromatic rings. The minimum absolute atomic E-state index is 0.251. The first kappa shape index (κ1) is 12.8. The summed E-state index contributed by atoms with van der Waals surface area (Å²) in [6.07, 6.45) is 3.93. The Balaban J connectivity index is 2.04. The molecule has 0 atom stereocenters. The molecular formula is C13H13ClN2O2. The lowest BCUT2D eigenvalue weighted by Crippen LogP contribution is -1.94. The zero-order valence-corrected chi connectivity index (χ0v) is 10.7. The van der Waals surface area contributed by atoms with Crippen LogP contribution in [0, 0.1) is 0 Å². The predicted octanol–water partition coefficient (Wildman–Crippen LogP) is 3.11. The molecule has 0 saturated heterocycles. The fourth-order valence-corrected chi connectivity index (χ4v) is 1.58. The van der Waals surface area contributed by atoms with Gasteiger partial charge in [-0.2, -0.15) is 0 Å². The van der Waals surface area contributed by atoms with Crippen molar-refractivity contribution in [1.82, 2.24) is 9.97 Å². The number of halogens is 1. The molecule has 0 bridgehead atoms. The van der Waals surface area contributed by atoms with Crippen molar-refractivity contribution >= 4 is 11.6 Å². The van der Waals surface area contributed by atoms with Gasteiger partial charge < -0.3 is 9.47 Å². The average molecular weight is 265 g/mol. The summed E-state index contributed by atoms with van der Waals surface area (Å²) in [5.41, 5.74) is 1.19. The number of nitrogens with zero attached hydrogens (tertiary/aromatic N) is 2. The molecule has 0 aliphatic carbocycles. The molecule has 1 heterocycles. The summed E-state index contributed by atoms with van der Waals surface area (Å²) in [6.45, 7) is 0.705. The molecule has 2 rings (SSSR count). The van der Waals surface area contributed by atoms with E-state index in [2.05, 4.69) is 9.97 Å². The number of hydrogen-bond acceptors (Lipinski definition) is 4. The van der Waals surface area contributed by atoms with Crippen LogP contribution in [0.3, 0.4) is 0 Å². The molecule has 0 saturated carbocycles. The fourth-order valence-electron chi connectivity index (χ4n) is 1.43. The van der Waals surface area contributed by atoms with Crippen molar-refractivity contribution in [2.45, 2.75) is 6.42 Å². The topological polar surface area (TPSA) is 44.2 Å². The Hall–Kier alpha value is -1.65. The zero-order chi connectivity index (χ0) is 12.8. The van der Waals surface area contributed by atoms with E-state index in [1.165, 1.54) is 18.0 Å². The lowest BCUT2D eigenvalue weighted by atomic mass is 10.1. The summed E-state index contributed by atoms with van der Waals surface area (Å²) in [4.78, 5) is 7.90. The van der Waals surface area contributed by atoms with Crippen LogP contribution < -0.4 is 4.74 Å². The molecule has 0 aliphatic rings. The number of methoxy groups -OCH3 is 1. The lowest BCUT2D eigenvalue weighted by Gasteiger charge is -2.06. The van der Waals surface area contributed by atoms with Gasteiger partial charge in [0.25, 0.3) is 5.88 Å². The maximum absolute atomic E-state index is 5.86. The van der Waals surface area contributed by atoms with E-state index >= 15 is 0 Å². The monoisotopic (exact) mass is 264 g/mol. The van der Waals surface area contributed by atoms with Crippen molar-refractivity contribution in [3.8, 4) is 11.6 Å². The summed E-state index contributed by atoms with van der Waals surface area (Å²) >= 11 is 5.86. The summed E-state index contributed by atoms with van der Waals surface area (Å²) in [5, 5.41) is 0.251. The Bertz CT molecular complexity index is 503. The van der Waals surface area contributed by atoms with E-state index in [9.17, 15) is 0 Å². The van der Waals surface area contributed by atoms with Crippen molar-refractivity contribution in [3.63, 3.8) is 0 Å². The minimum Gasteiger partial charge on any atom is -0.436 e. The largest absolute Gasteiger partial charge is 0.436 e. The first-order valence-electron chi connectivity index (χ1n) is 5.52. The zero-order valence-electron chi connectivity index (χ0n) is 9.97. The predicted molar refractivity (Wildman–Crippen MR) is 69.1 cm³/mol. The lowest BCUT2D eigenvalue weighted by molar-refractivity contribution is 0.202. The Morgan fingerprint density at radius 2 is 1.83 bits per heavy atom. The SMILES string of the molecule is COCCc1ccc(Oc2nccnc2Cl)cc1.